The molecule has 0 radical (unpaired) electrons. The van der Waals surface area contributed by atoms with Crippen LogP contribution in [0.2, 0.25) is 0 Å². The van der Waals surface area contributed by atoms with Gasteiger partial charge in [0.25, 0.3) is 5.91 Å². The minimum absolute atomic E-state index is 0.0781. The van der Waals surface area contributed by atoms with Gasteiger partial charge in [-0.05, 0) is 12.0 Å². The Balaban J connectivity index is 1.53. The molecular formula is C15H17N5O2S. The van der Waals surface area contributed by atoms with Crippen molar-refractivity contribution in [3.8, 4) is 10.8 Å². The Morgan fingerprint density at radius 3 is 3.04 bits per heavy atom. The molecule has 2 atom stereocenters. The molecule has 1 amide bonds. The van der Waals surface area contributed by atoms with E-state index in [2.05, 4.69) is 20.3 Å². The van der Waals surface area contributed by atoms with E-state index in [1.807, 2.05) is 4.90 Å². The molecule has 2 fully saturated rings. The zero-order valence-electron chi connectivity index (χ0n) is 12.5. The van der Waals surface area contributed by atoms with E-state index in [9.17, 15) is 9.90 Å². The van der Waals surface area contributed by atoms with Crippen molar-refractivity contribution in [1.82, 2.24) is 25.2 Å². The number of likely N-dealkylation sites (tertiary alicyclic amines) is 1. The molecule has 2 unspecified atom stereocenters. The highest BCUT2D eigenvalue weighted by molar-refractivity contribution is 7.13. The second kappa shape index (κ2) is 5.63. The molecule has 0 aliphatic carbocycles. The van der Waals surface area contributed by atoms with E-state index in [0.717, 1.165) is 13.1 Å². The molecule has 2 aromatic heterocycles. The average molecular weight is 331 g/mol. The van der Waals surface area contributed by atoms with Gasteiger partial charge in [-0.25, -0.2) is 15.0 Å². The fraction of sp³-hybridized carbons (Fsp3) is 0.467. The maximum absolute atomic E-state index is 12.7. The first kappa shape index (κ1) is 14.7. The SMILES string of the molecule is O=C(c1csc(-c2ncccn2)n1)N1CC2CNCC2(CO)C1. The summed E-state index contributed by atoms with van der Waals surface area (Å²) in [6.45, 7) is 2.97. The molecule has 23 heavy (non-hydrogen) atoms. The Hall–Kier alpha value is -1.90. The number of hydrogen-bond donors (Lipinski definition) is 2. The number of fused-ring (bicyclic) bond motifs is 1. The van der Waals surface area contributed by atoms with Gasteiger partial charge in [0.2, 0.25) is 0 Å². The molecule has 4 rings (SSSR count). The van der Waals surface area contributed by atoms with Crippen molar-refractivity contribution >= 4 is 17.2 Å². The van der Waals surface area contributed by atoms with Gasteiger partial charge in [0, 0.05) is 49.4 Å². The molecule has 2 N–H and O–H groups in total. The molecule has 4 heterocycles. The number of aliphatic hydroxyl groups is 1. The van der Waals surface area contributed by atoms with Crippen LogP contribution in [0, 0.1) is 11.3 Å². The Morgan fingerprint density at radius 1 is 1.48 bits per heavy atom. The predicted molar refractivity (Wildman–Crippen MR) is 84.9 cm³/mol. The third-order valence-corrected chi connectivity index (χ3v) is 5.60. The minimum Gasteiger partial charge on any atom is -0.396 e. The maximum Gasteiger partial charge on any atom is 0.273 e. The summed E-state index contributed by atoms with van der Waals surface area (Å²) in [6, 6.07) is 1.74. The quantitative estimate of drug-likeness (QED) is 0.838. The van der Waals surface area contributed by atoms with Crippen molar-refractivity contribution in [3.63, 3.8) is 0 Å². The number of rotatable bonds is 3. The average Bonchev–Trinajstić information content (AvgIpc) is 3.28. The molecule has 2 aromatic rings. The number of nitrogens with one attached hydrogen (secondary N) is 1. The lowest BCUT2D eigenvalue weighted by molar-refractivity contribution is 0.0740. The summed E-state index contributed by atoms with van der Waals surface area (Å²) < 4.78 is 0. The maximum atomic E-state index is 12.7. The second-order valence-electron chi connectivity index (χ2n) is 6.14. The van der Waals surface area contributed by atoms with E-state index in [1.165, 1.54) is 11.3 Å². The zero-order valence-corrected chi connectivity index (χ0v) is 13.3. The van der Waals surface area contributed by atoms with Crippen LogP contribution in [0.25, 0.3) is 10.8 Å². The van der Waals surface area contributed by atoms with Crippen LogP contribution in [0.3, 0.4) is 0 Å². The number of thiazole rings is 1. The topological polar surface area (TPSA) is 91.2 Å². The van der Waals surface area contributed by atoms with Crippen LogP contribution in [0.5, 0.6) is 0 Å². The molecule has 2 aliphatic rings. The zero-order chi connectivity index (χ0) is 15.9. The lowest BCUT2D eigenvalue weighted by Gasteiger charge is -2.24. The molecule has 0 aromatic carbocycles. The summed E-state index contributed by atoms with van der Waals surface area (Å²) in [5.74, 6) is 0.767. The number of amides is 1. The number of hydrogen-bond acceptors (Lipinski definition) is 7. The van der Waals surface area contributed by atoms with Crippen LogP contribution in [-0.2, 0) is 0 Å². The minimum atomic E-state index is -0.197. The fourth-order valence-electron chi connectivity index (χ4n) is 3.45. The van der Waals surface area contributed by atoms with Gasteiger partial charge in [0.1, 0.15) is 5.69 Å². The second-order valence-corrected chi connectivity index (χ2v) is 7.00. The summed E-state index contributed by atoms with van der Waals surface area (Å²) in [5.41, 5.74) is 0.232. The molecule has 7 nitrogen and oxygen atoms in total. The molecule has 0 saturated carbocycles. The summed E-state index contributed by atoms with van der Waals surface area (Å²) >= 11 is 1.37. The number of aliphatic hydroxyl groups excluding tert-OH is 1. The van der Waals surface area contributed by atoms with Crippen LogP contribution in [0.4, 0.5) is 0 Å². The Bertz CT molecular complexity index is 722. The Kier molecular flexibility index (Phi) is 3.59. The summed E-state index contributed by atoms with van der Waals surface area (Å²) in [7, 11) is 0. The van der Waals surface area contributed by atoms with Crippen LogP contribution in [0.1, 0.15) is 10.5 Å². The highest BCUT2D eigenvalue weighted by Gasteiger charge is 2.50. The van der Waals surface area contributed by atoms with E-state index in [-0.39, 0.29) is 17.9 Å². The number of nitrogens with zero attached hydrogens (tertiary/aromatic N) is 4. The van der Waals surface area contributed by atoms with Crippen LogP contribution in [0.15, 0.2) is 23.8 Å². The van der Waals surface area contributed by atoms with Gasteiger partial charge >= 0.3 is 0 Å². The standard InChI is InChI=1S/C15H17N5O2S/c21-9-15-7-16-4-10(15)5-20(8-15)14(22)11-6-23-13(19-11)12-17-2-1-3-18-12/h1-3,6,10,16,21H,4-5,7-9H2. The molecule has 0 spiro atoms. The van der Waals surface area contributed by atoms with Gasteiger partial charge < -0.3 is 15.3 Å². The first-order chi connectivity index (χ1) is 11.2. The van der Waals surface area contributed by atoms with Crippen molar-refractivity contribution in [2.45, 2.75) is 0 Å². The molecule has 8 heteroatoms. The third-order valence-electron chi connectivity index (χ3n) is 4.76. The molecule has 0 bridgehead atoms. The van der Waals surface area contributed by atoms with Crippen molar-refractivity contribution in [3.05, 3.63) is 29.5 Å². The molecule has 120 valence electrons. The third kappa shape index (κ3) is 2.43. The highest BCUT2D eigenvalue weighted by atomic mass is 32.1. The highest BCUT2D eigenvalue weighted by Crippen LogP contribution is 2.39. The number of carbonyl (C=O) groups is 1. The van der Waals surface area contributed by atoms with Crippen LogP contribution >= 0.6 is 11.3 Å². The lowest BCUT2D eigenvalue weighted by atomic mass is 9.82. The molecule has 2 aliphatic heterocycles. The smallest absolute Gasteiger partial charge is 0.273 e. The largest absolute Gasteiger partial charge is 0.396 e. The van der Waals surface area contributed by atoms with Gasteiger partial charge in [0.05, 0.1) is 6.61 Å². The lowest BCUT2D eigenvalue weighted by Crippen LogP contribution is -2.38. The Morgan fingerprint density at radius 2 is 2.30 bits per heavy atom. The number of aromatic nitrogens is 3. The molecule has 2 saturated heterocycles. The molecular weight excluding hydrogens is 314 g/mol. The van der Waals surface area contributed by atoms with E-state index in [4.69, 9.17) is 0 Å². The van der Waals surface area contributed by atoms with Crippen molar-refractivity contribution in [2.24, 2.45) is 11.3 Å². The Labute approximate surface area is 137 Å². The van der Waals surface area contributed by atoms with E-state index >= 15 is 0 Å². The van der Waals surface area contributed by atoms with Crippen molar-refractivity contribution in [1.29, 1.82) is 0 Å². The monoisotopic (exact) mass is 331 g/mol. The van der Waals surface area contributed by atoms with Gasteiger partial charge in [0.15, 0.2) is 10.8 Å². The summed E-state index contributed by atoms with van der Waals surface area (Å²) in [5, 5.41) is 15.5. The van der Waals surface area contributed by atoms with Crippen molar-refractivity contribution < 1.29 is 9.90 Å². The van der Waals surface area contributed by atoms with Gasteiger partial charge in [-0.1, -0.05) is 0 Å². The van der Waals surface area contributed by atoms with Crippen LogP contribution in [-0.4, -0.2) is 63.7 Å². The normalized spacial score (nSPS) is 26.5. The van der Waals surface area contributed by atoms with Gasteiger partial charge in [-0.2, -0.15) is 0 Å². The predicted octanol–water partition coefficient (Wildman–Crippen LogP) is 0.254. The van der Waals surface area contributed by atoms with E-state index in [0.29, 0.717) is 35.5 Å². The van der Waals surface area contributed by atoms with Crippen LogP contribution < -0.4 is 5.32 Å². The first-order valence-corrected chi connectivity index (χ1v) is 8.43. The van der Waals surface area contributed by atoms with E-state index in [1.54, 1.807) is 23.8 Å². The van der Waals surface area contributed by atoms with Crippen molar-refractivity contribution in [2.75, 3.05) is 32.8 Å². The summed E-state index contributed by atoms with van der Waals surface area (Å²) in [6.07, 6.45) is 3.32. The first-order valence-electron chi connectivity index (χ1n) is 7.56. The van der Waals surface area contributed by atoms with E-state index < -0.39 is 0 Å². The van der Waals surface area contributed by atoms with Gasteiger partial charge in [-0.15, -0.1) is 11.3 Å². The summed E-state index contributed by atoms with van der Waals surface area (Å²) in [4.78, 5) is 27.2. The van der Waals surface area contributed by atoms with Gasteiger partial charge in [-0.3, -0.25) is 4.79 Å². The number of carbonyl (C=O) groups excluding carboxylic acids is 1. The fourth-order valence-corrected chi connectivity index (χ4v) is 4.18.